The Kier molecular flexibility index (Phi) is 1.50. The smallest absolute Gasteiger partial charge is 0.123 e. The molecule has 4 aliphatic rings. The molecule has 1 nitrogen and oxygen atoms in total. The molecule has 2 bridgehead atoms. The highest BCUT2D eigenvalue weighted by Gasteiger charge is 2.60. The monoisotopic (exact) mass is 214 g/mol. The number of benzene rings is 1. The third-order valence-corrected chi connectivity index (χ3v) is 5.45. The summed E-state index contributed by atoms with van der Waals surface area (Å²) in [5.74, 6) is 3.57. The molecule has 1 heterocycles. The maximum Gasteiger partial charge on any atom is 0.123 e. The number of fused-ring (bicyclic) bond motifs is 1. The number of hydrogen-bond donors (Lipinski definition) is 0. The molecule has 1 aliphatic heterocycles. The summed E-state index contributed by atoms with van der Waals surface area (Å²) in [5.41, 5.74) is 2.02. The molecule has 0 spiro atoms. The van der Waals surface area contributed by atoms with Crippen LogP contribution in [-0.4, -0.2) is 6.10 Å². The SMILES string of the molecule is CC1(C)[C@H]2C[C@@H]1[C@@H]1c3ccccc3O[C@@H]1C2. The predicted molar refractivity (Wildman–Crippen MR) is 63.6 cm³/mol. The summed E-state index contributed by atoms with van der Waals surface area (Å²) in [4.78, 5) is 0. The highest BCUT2D eigenvalue weighted by molar-refractivity contribution is 5.43. The molecule has 0 saturated heterocycles. The van der Waals surface area contributed by atoms with Crippen LogP contribution in [0, 0.1) is 17.3 Å². The van der Waals surface area contributed by atoms with Gasteiger partial charge in [-0.15, -0.1) is 0 Å². The average molecular weight is 214 g/mol. The van der Waals surface area contributed by atoms with Crippen molar-refractivity contribution in [1.29, 1.82) is 0 Å². The molecule has 84 valence electrons. The van der Waals surface area contributed by atoms with Gasteiger partial charge in [0.15, 0.2) is 0 Å². The zero-order valence-electron chi connectivity index (χ0n) is 9.94. The van der Waals surface area contributed by atoms with Gasteiger partial charge in [-0.25, -0.2) is 0 Å². The molecule has 0 aromatic heterocycles. The van der Waals surface area contributed by atoms with Crippen LogP contribution in [0.2, 0.25) is 0 Å². The van der Waals surface area contributed by atoms with Crippen molar-refractivity contribution in [3.63, 3.8) is 0 Å². The third-order valence-electron chi connectivity index (χ3n) is 5.45. The van der Waals surface area contributed by atoms with Gasteiger partial charge in [0, 0.05) is 11.5 Å². The average Bonchev–Trinajstić information content (AvgIpc) is 2.66. The van der Waals surface area contributed by atoms with E-state index in [0.29, 0.717) is 17.4 Å². The fraction of sp³-hybridized carbons (Fsp3) is 0.600. The van der Waals surface area contributed by atoms with Crippen molar-refractivity contribution in [2.45, 2.75) is 38.7 Å². The fourth-order valence-electron chi connectivity index (χ4n) is 4.32. The Morgan fingerprint density at radius 2 is 2.00 bits per heavy atom. The van der Waals surface area contributed by atoms with E-state index < -0.39 is 0 Å². The van der Waals surface area contributed by atoms with Gasteiger partial charge >= 0.3 is 0 Å². The number of hydrogen-bond acceptors (Lipinski definition) is 1. The standard InChI is InChI=1S/C15H18O/c1-15(2)9-7-11(15)14-10-5-3-4-6-12(10)16-13(14)8-9/h3-6,9,11,13-14H,7-8H2,1-2H3/t9-,11+,13+,14-/m0/s1. The Balaban J connectivity index is 1.81. The second-order valence-corrected chi connectivity index (χ2v) is 6.32. The highest BCUT2D eigenvalue weighted by Crippen LogP contribution is 2.66. The van der Waals surface area contributed by atoms with E-state index in [1.54, 1.807) is 0 Å². The molecule has 3 fully saturated rings. The van der Waals surface area contributed by atoms with E-state index in [2.05, 4.69) is 38.1 Å². The summed E-state index contributed by atoms with van der Waals surface area (Å²) < 4.78 is 6.10. The Morgan fingerprint density at radius 3 is 2.81 bits per heavy atom. The van der Waals surface area contributed by atoms with Crippen molar-refractivity contribution in [2.24, 2.45) is 17.3 Å². The quantitative estimate of drug-likeness (QED) is 0.641. The van der Waals surface area contributed by atoms with Gasteiger partial charge in [0.2, 0.25) is 0 Å². The lowest BCUT2D eigenvalue weighted by Gasteiger charge is -2.60. The van der Waals surface area contributed by atoms with Gasteiger partial charge in [-0.1, -0.05) is 32.0 Å². The predicted octanol–water partition coefficient (Wildman–Crippen LogP) is 3.60. The van der Waals surface area contributed by atoms with E-state index in [0.717, 1.165) is 17.6 Å². The van der Waals surface area contributed by atoms with Crippen LogP contribution in [-0.2, 0) is 0 Å². The van der Waals surface area contributed by atoms with Crippen molar-refractivity contribution in [1.82, 2.24) is 0 Å². The van der Waals surface area contributed by atoms with Gasteiger partial charge in [-0.2, -0.15) is 0 Å². The first-order valence-corrected chi connectivity index (χ1v) is 6.43. The third kappa shape index (κ3) is 0.888. The molecule has 4 atom stereocenters. The first-order valence-electron chi connectivity index (χ1n) is 6.43. The van der Waals surface area contributed by atoms with Crippen molar-refractivity contribution >= 4 is 0 Å². The molecule has 3 saturated carbocycles. The van der Waals surface area contributed by atoms with Crippen LogP contribution in [0.1, 0.15) is 38.2 Å². The zero-order chi connectivity index (χ0) is 10.9. The molecule has 5 rings (SSSR count). The first-order chi connectivity index (χ1) is 7.68. The van der Waals surface area contributed by atoms with E-state index in [4.69, 9.17) is 4.74 Å². The largest absolute Gasteiger partial charge is 0.489 e. The normalized spacial score (nSPS) is 41.6. The van der Waals surface area contributed by atoms with Gasteiger partial charge < -0.3 is 4.74 Å². The summed E-state index contributed by atoms with van der Waals surface area (Å²) in [6, 6.07) is 8.65. The van der Waals surface area contributed by atoms with E-state index in [-0.39, 0.29) is 0 Å². The van der Waals surface area contributed by atoms with E-state index in [1.807, 2.05) is 0 Å². The van der Waals surface area contributed by atoms with Crippen LogP contribution in [0.4, 0.5) is 0 Å². The van der Waals surface area contributed by atoms with Crippen molar-refractivity contribution < 1.29 is 4.74 Å². The minimum atomic E-state index is 0.481. The maximum absolute atomic E-state index is 6.10. The number of para-hydroxylation sites is 1. The Labute approximate surface area is 96.8 Å². The van der Waals surface area contributed by atoms with Crippen LogP contribution < -0.4 is 4.74 Å². The maximum atomic E-state index is 6.10. The van der Waals surface area contributed by atoms with Crippen LogP contribution >= 0.6 is 0 Å². The van der Waals surface area contributed by atoms with Gasteiger partial charge in [0.05, 0.1) is 0 Å². The van der Waals surface area contributed by atoms with Crippen LogP contribution in [0.25, 0.3) is 0 Å². The van der Waals surface area contributed by atoms with Crippen molar-refractivity contribution in [3.8, 4) is 5.75 Å². The summed E-state index contributed by atoms with van der Waals surface area (Å²) >= 11 is 0. The first kappa shape index (κ1) is 9.09. The molecule has 1 heteroatoms. The Morgan fingerprint density at radius 1 is 1.19 bits per heavy atom. The zero-order valence-corrected chi connectivity index (χ0v) is 9.94. The summed E-state index contributed by atoms with van der Waals surface area (Å²) in [6.45, 7) is 4.89. The molecular weight excluding hydrogens is 196 g/mol. The summed E-state index contributed by atoms with van der Waals surface area (Å²) in [5, 5.41) is 0. The van der Waals surface area contributed by atoms with Crippen LogP contribution in [0.15, 0.2) is 24.3 Å². The molecular formula is C15H18O. The lowest BCUT2D eigenvalue weighted by atomic mass is 9.44. The number of rotatable bonds is 0. The van der Waals surface area contributed by atoms with Crippen molar-refractivity contribution in [2.75, 3.05) is 0 Å². The Bertz CT molecular complexity index is 449. The number of ether oxygens (including phenoxy) is 1. The minimum Gasteiger partial charge on any atom is -0.489 e. The van der Waals surface area contributed by atoms with E-state index in [9.17, 15) is 0 Å². The summed E-state index contributed by atoms with van der Waals surface area (Å²) in [7, 11) is 0. The summed E-state index contributed by atoms with van der Waals surface area (Å²) in [6.07, 6.45) is 3.17. The lowest BCUT2D eigenvalue weighted by molar-refractivity contribution is -0.116. The molecule has 0 radical (unpaired) electrons. The van der Waals surface area contributed by atoms with Gasteiger partial charge in [-0.3, -0.25) is 0 Å². The molecule has 16 heavy (non-hydrogen) atoms. The van der Waals surface area contributed by atoms with E-state index in [1.165, 1.54) is 18.4 Å². The van der Waals surface area contributed by atoms with Gasteiger partial charge in [0.1, 0.15) is 11.9 Å². The molecule has 1 aromatic carbocycles. The van der Waals surface area contributed by atoms with Gasteiger partial charge in [0.25, 0.3) is 0 Å². The van der Waals surface area contributed by atoms with Crippen LogP contribution in [0.5, 0.6) is 5.75 Å². The molecule has 3 aliphatic carbocycles. The molecule has 1 aromatic rings. The second kappa shape index (κ2) is 2.64. The molecule has 0 unspecified atom stereocenters. The van der Waals surface area contributed by atoms with E-state index >= 15 is 0 Å². The molecule has 0 N–H and O–H groups in total. The van der Waals surface area contributed by atoms with Crippen LogP contribution in [0.3, 0.4) is 0 Å². The van der Waals surface area contributed by atoms with Crippen molar-refractivity contribution in [3.05, 3.63) is 29.8 Å². The fourth-order valence-corrected chi connectivity index (χ4v) is 4.32. The molecule has 0 amide bonds. The topological polar surface area (TPSA) is 9.23 Å². The Hall–Kier alpha value is -0.980. The van der Waals surface area contributed by atoms with Gasteiger partial charge in [-0.05, 0) is 36.2 Å². The minimum absolute atomic E-state index is 0.481. The lowest BCUT2D eigenvalue weighted by Crippen LogP contribution is -2.56. The second-order valence-electron chi connectivity index (χ2n) is 6.32. The highest BCUT2D eigenvalue weighted by atomic mass is 16.5.